The second-order valence-corrected chi connectivity index (χ2v) is 7.39. The van der Waals surface area contributed by atoms with E-state index in [2.05, 4.69) is 0 Å². The van der Waals surface area contributed by atoms with E-state index in [4.69, 9.17) is 8.85 Å². The first-order chi connectivity index (χ1) is 10.3. The summed E-state index contributed by atoms with van der Waals surface area (Å²) in [5.74, 6) is 0. The Morgan fingerprint density at radius 2 is 1.05 bits per heavy atom. The lowest BCUT2D eigenvalue weighted by molar-refractivity contribution is 0.168. The van der Waals surface area contributed by atoms with Gasteiger partial charge >= 0.3 is 8.56 Å². The Labute approximate surface area is 124 Å². The standard InChI is InChI=1S/C16H18F2O2Si/c17-11-13-19-21(20-14-12-18,15-7-3-1-4-8-15)16-9-5-2-6-10-16/h1-10H,11-14H2. The van der Waals surface area contributed by atoms with Crippen LogP contribution in [0.5, 0.6) is 0 Å². The maximum absolute atomic E-state index is 12.6. The van der Waals surface area contributed by atoms with Gasteiger partial charge in [0.1, 0.15) is 13.3 Å². The van der Waals surface area contributed by atoms with Crippen molar-refractivity contribution in [1.82, 2.24) is 0 Å². The molecule has 2 rings (SSSR count). The van der Waals surface area contributed by atoms with E-state index in [1.807, 2.05) is 60.7 Å². The molecule has 0 unspecified atom stereocenters. The Bertz CT molecular complexity index is 473. The van der Waals surface area contributed by atoms with Crippen LogP contribution in [0, 0.1) is 0 Å². The van der Waals surface area contributed by atoms with Crippen LogP contribution in [0.15, 0.2) is 60.7 Å². The molecule has 0 bridgehead atoms. The molecule has 112 valence electrons. The summed E-state index contributed by atoms with van der Waals surface area (Å²) in [6, 6.07) is 18.8. The summed E-state index contributed by atoms with van der Waals surface area (Å²) in [6.07, 6.45) is 0. The fourth-order valence-corrected chi connectivity index (χ4v) is 5.30. The van der Waals surface area contributed by atoms with Crippen molar-refractivity contribution >= 4 is 18.9 Å². The average Bonchev–Trinajstić information content (AvgIpc) is 2.57. The number of hydrogen-bond acceptors (Lipinski definition) is 2. The molecule has 0 saturated carbocycles. The molecular formula is C16H18F2O2Si. The van der Waals surface area contributed by atoms with Gasteiger partial charge in [0.25, 0.3) is 0 Å². The van der Waals surface area contributed by atoms with E-state index in [0.29, 0.717) is 0 Å². The maximum atomic E-state index is 12.6. The van der Waals surface area contributed by atoms with Crippen molar-refractivity contribution in [2.45, 2.75) is 0 Å². The number of rotatable bonds is 8. The van der Waals surface area contributed by atoms with E-state index >= 15 is 0 Å². The molecule has 0 radical (unpaired) electrons. The Hall–Kier alpha value is -1.56. The molecule has 0 spiro atoms. The number of halogens is 2. The first-order valence-electron chi connectivity index (χ1n) is 6.84. The molecule has 21 heavy (non-hydrogen) atoms. The van der Waals surface area contributed by atoms with E-state index in [0.717, 1.165) is 10.4 Å². The molecule has 0 saturated heterocycles. The predicted octanol–water partition coefficient (Wildman–Crippen LogP) is 2.22. The summed E-state index contributed by atoms with van der Waals surface area (Å²) in [5, 5.41) is 1.69. The van der Waals surface area contributed by atoms with Gasteiger partial charge < -0.3 is 8.85 Å². The van der Waals surface area contributed by atoms with E-state index in [1.54, 1.807) is 0 Å². The van der Waals surface area contributed by atoms with Crippen molar-refractivity contribution in [3.8, 4) is 0 Å². The van der Waals surface area contributed by atoms with Gasteiger partial charge in [-0.1, -0.05) is 60.7 Å². The van der Waals surface area contributed by atoms with Crippen LogP contribution in [0.3, 0.4) is 0 Å². The van der Waals surface area contributed by atoms with Gasteiger partial charge in [-0.25, -0.2) is 8.78 Å². The van der Waals surface area contributed by atoms with E-state index in [1.165, 1.54) is 0 Å². The van der Waals surface area contributed by atoms with Gasteiger partial charge in [-0.3, -0.25) is 0 Å². The largest absolute Gasteiger partial charge is 0.407 e. The quantitative estimate of drug-likeness (QED) is 0.696. The highest BCUT2D eigenvalue weighted by Gasteiger charge is 2.42. The molecule has 0 N–H and O–H groups in total. The van der Waals surface area contributed by atoms with Gasteiger partial charge in [-0.15, -0.1) is 0 Å². The van der Waals surface area contributed by atoms with Crippen molar-refractivity contribution in [3.63, 3.8) is 0 Å². The molecule has 0 aliphatic heterocycles. The molecular weight excluding hydrogens is 290 g/mol. The zero-order valence-corrected chi connectivity index (χ0v) is 12.7. The lowest BCUT2D eigenvalue weighted by atomic mass is 10.4. The van der Waals surface area contributed by atoms with E-state index in [9.17, 15) is 8.78 Å². The third-order valence-electron chi connectivity index (χ3n) is 3.07. The third kappa shape index (κ3) is 3.75. The van der Waals surface area contributed by atoms with Crippen LogP contribution < -0.4 is 10.4 Å². The highest BCUT2D eigenvalue weighted by atomic mass is 28.4. The highest BCUT2D eigenvalue weighted by molar-refractivity contribution is 6.92. The first kappa shape index (κ1) is 15.8. The minimum Gasteiger partial charge on any atom is -0.385 e. The Balaban J connectivity index is 2.48. The van der Waals surface area contributed by atoms with Crippen LogP contribution in [0.4, 0.5) is 8.78 Å². The predicted molar refractivity (Wildman–Crippen MR) is 81.8 cm³/mol. The second-order valence-electron chi connectivity index (χ2n) is 4.42. The molecule has 2 nitrogen and oxygen atoms in total. The number of alkyl halides is 2. The SMILES string of the molecule is FCCO[Si](OCCF)(c1ccccc1)c1ccccc1. The summed E-state index contributed by atoms with van der Waals surface area (Å²) in [5.41, 5.74) is 0. The van der Waals surface area contributed by atoms with Crippen LogP contribution >= 0.6 is 0 Å². The normalized spacial score (nSPS) is 11.5. The number of hydrogen-bond donors (Lipinski definition) is 0. The molecule has 0 aliphatic carbocycles. The fourth-order valence-electron chi connectivity index (χ4n) is 2.22. The van der Waals surface area contributed by atoms with E-state index in [-0.39, 0.29) is 13.2 Å². The molecule has 0 amide bonds. The van der Waals surface area contributed by atoms with Crippen LogP contribution in [0.2, 0.25) is 0 Å². The van der Waals surface area contributed by atoms with E-state index < -0.39 is 21.9 Å². The van der Waals surface area contributed by atoms with Crippen LogP contribution in [-0.4, -0.2) is 35.1 Å². The van der Waals surface area contributed by atoms with Crippen LogP contribution in [0.25, 0.3) is 0 Å². The molecule has 2 aromatic carbocycles. The smallest absolute Gasteiger partial charge is 0.385 e. The maximum Gasteiger partial charge on any atom is 0.407 e. The Morgan fingerprint density at radius 1 is 0.667 bits per heavy atom. The Morgan fingerprint density at radius 3 is 1.38 bits per heavy atom. The zero-order valence-electron chi connectivity index (χ0n) is 11.7. The third-order valence-corrected chi connectivity index (χ3v) is 6.48. The van der Waals surface area contributed by atoms with Crippen LogP contribution in [0.1, 0.15) is 0 Å². The van der Waals surface area contributed by atoms with Crippen molar-refractivity contribution in [2.75, 3.05) is 26.6 Å². The minimum atomic E-state index is -3.07. The first-order valence-corrected chi connectivity index (χ1v) is 8.66. The average molecular weight is 308 g/mol. The highest BCUT2D eigenvalue weighted by Crippen LogP contribution is 2.10. The van der Waals surface area contributed by atoms with Crippen molar-refractivity contribution < 1.29 is 17.6 Å². The molecule has 0 aromatic heterocycles. The molecule has 2 aromatic rings. The monoisotopic (exact) mass is 308 g/mol. The lowest BCUT2D eigenvalue weighted by Gasteiger charge is -2.30. The summed E-state index contributed by atoms with van der Waals surface area (Å²) in [7, 11) is -3.07. The van der Waals surface area contributed by atoms with Gasteiger partial charge in [-0.05, 0) is 10.4 Å². The van der Waals surface area contributed by atoms with Crippen molar-refractivity contribution in [3.05, 3.63) is 60.7 Å². The van der Waals surface area contributed by atoms with Gasteiger partial charge in [0.05, 0.1) is 13.2 Å². The molecule has 0 aliphatic rings. The zero-order chi connectivity index (χ0) is 15.0. The minimum absolute atomic E-state index is 0.0672. The summed E-state index contributed by atoms with van der Waals surface area (Å²) in [4.78, 5) is 0. The molecule has 0 heterocycles. The summed E-state index contributed by atoms with van der Waals surface area (Å²) < 4.78 is 36.9. The topological polar surface area (TPSA) is 18.5 Å². The molecule has 0 fully saturated rings. The lowest BCUT2D eigenvalue weighted by Crippen LogP contribution is -2.63. The van der Waals surface area contributed by atoms with Gasteiger partial charge in [-0.2, -0.15) is 0 Å². The fraction of sp³-hybridized carbons (Fsp3) is 0.250. The summed E-state index contributed by atoms with van der Waals surface area (Å²) in [6.45, 7) is -1.34. The number of benzene rings is 2. The Kier molecular flexibility index (Phi) is 6.04. The van der Waals surface area contributed by atoms with Gasteiger partial charge in [0, 0.05) is 0 Å². The van der Waals surface area contributed by atoms with Crippen LogP contribution in [-0.2, 0) is 8.85 Å². The van der Waals surface area contributed by atoms with Gasteiger partial charge in [0.15, 0.2) is 0 Å². The molecule has 0 atom stereocenters. The van der Waals surface area contributed by atoms with Crippen molar-refractivity contribution in [1.29, 1.82) is 0 Å². The second kappa shape index (κ2) is 8.02. The molecule has 5 heteroatoms. The summed E-state index contributed by atoms with van der Waals surface area (Å²) >= 11 is 0. The van der Waals surface area contributed by atoms with Crippen molar-refractivity contribution in [2.24, 2.45) is 0 Å². The van der Waals surface area contributed by atoms with Gasteiger partial charge in [0.2, 0.25) is 0 Å².